The van der Waals surface area contributed by atoms with Gasteiger partial charge in [-0.1, -0.05) is 25.4 Å². The summed E-state index contributed by atoms with van der Waals surface area (Å²) in [6, 6.07) is 7.36. The predicted molar refractivity (Wildman–Crippen MR) is 150 cm³/mol. The highest BCUT2D eigenvalue weighted by atomic mass is 35.5. The van der Waals surface area contributed by atoms with Crippen molar-refractivity contribution < 1.29 is 14.3 Å². The molecule has 3 aromatic rings. The summed E-state index contributed by atoms with van der Waals surface area (Å²) in [6.45, 7) is 7.36. The Balaban J connectivity index is 0.00000164. The second-order valence-corrected chi connectivity index (χ2v) is 9.51. The number of hydrogen-bond acceptors (Lipinski definition) is 8. The molecule has 1 amide bonds. The van der Waals surface area contributed by atoms with Crippen LogP contribution in [0.15, 0.2) is 35.3 Å². The topological polar surface area (TPSA) is 111 Å². The van der Waals surface area contributed by atoms with Gasteiger partial charge in [-0.15, -0.1) is 0 Å². The van der Waals surface area contributed by atoms with Crippen LogP contribution in [-0.4, -0.2) is 60.4 Å². The maximum absolute atomic E-state index is 13.2. The van der Waals surface area contributed by atoms with E-state index in [9.17, 15) is 9.59 Å². The molecule has 0 bridgehead atoms. The molecule has 0 unspecified atom stereocenters. The monoisotopic (exact) mass is 542 g/mol. The molecule has 11 heteroatoms. The van der Waals surface area contributed by atoms with Crippen LogP contribution in [0.2, 0.25) is 5.02 Å². The minimum Gasteiger partial charge on any atom is -0.478 e. The Labute approximate surface area is 227 Å². The van der Waals surface area contributed by atoms with Gasteiger partial charge in [0.15, 0.2) is 18.2 Å². The molecule has 2 fully saturated rings. The van der Waals surface area contributed by atoms with Gasteiger partial charge < -0.3 is 29.6 Å². The number of amides is 1. The van der Waals surface area contributed by atoms with E-state index in [-0.39, 0.29) is 29.7 Å². The van der Waals surface area contributed by atoms with Gasteiger partial charge in [0.2, 0.25) is 5.95 Å². The Kier molecular flexibility index (Phi) is 9.41. The molecule has 0 saturated carbocycles. The molecule has 38 heavy (non-hydrogen) atoms. The van der Waals surface area contributed by atoms with Gasteiger partial charge in [-0.3, -0.25) is 9.59 Å². The minimum absolute atomic E-state index is 0.121. The predicted octanol–water partition coefficient (Wildman–Crippen LogP) is 3.98. The maximum Gasteiger partial charge on any atom is 0.293 e. The van der Waals surface area contributed by atoms with Crippen molar-refractivity contribution in [3.05, 3.63) is 45.8 Å². The fourth-order valence-corrected chi connectivity index (χ4v) is 4.55. The van der Waals surface area contributed by atoms with Crippen LogP contribution in [0, 0.1) is 5.92 Å². The van der Waals surface area contributed by atoms with Crippen LogP contribution in [0.1, 0.15) is 33.1 Å². The van der Waals surface area contributed by atoms with Gasteiger partial charge in [-0.25, -0.2) is 4.98 Å². The number of carbonyl (C=O) groups is 1. The highest BCUT2D eigenvalue weighted by Crippen LogP contribution is 2.29. The number of piperidine rings is 1. The van der Waals surface area contributed by atoms with Crippen LogP contribution in [-0.2, 0) is 16.1 Å². The van der Waals surface area contributed by atoms with Crippen LogP contribution in [0.3, 0.4) is 0 Å². The molecule has 2 saturated heterocycles. The Morgan fingerprint density at radius 3 is 2.63 bits per heavy atom. The van der Waals surface area contributed by atoms with Crippen molar-refractivity contribution in [2.75, 3.05) is 50.2 Å². The zero-order chi connectivity index (χ0) is 27.1. The zero-order valence-corrected chi connectivity index (χ0v) is 22.9. The number of halogens is 1. The smallest absolute Gasteiger partial charge is 0.293 e. The minimum atomic E-state index is -0.313. The lowest BCUT2D eigenvalue weighted by atomic mass is 10.1. The summed E-state index contributed by atoms with van der Waals surface area (Å²) in [4.78, 5) is 36.1. The molecule has 5 rings (SSSR count). The van der Waals surface area contributed by atoms with Crippen LogP contribution < -0.4 is 25.8 Å². The SMILES string of the molecule is CC.CNC(=O)COc1cc2cc(Nc3nc(N4CCCCC4)ncc3Cl)ccc2n(CC2COC2)c1=O. The van der Waals surface area contributed by atoms with E-state index < -0.39 is 0 Å². The lowest BCUT2D eigenvalue weighted by Crippen LogP contribution is -2.36. The summed E-state index contributed by atoms with van der Waals surface area (Å²) in [6.07, 6.45) is 5.09. The first-order valence-electron chi connectivity index (χ1n) is 13.1. The number of carbonyl (C=O) groups excluding carboxylic acids is 1. The summed E-state index contributed by atoms with van der Waals surface area (Å²) in [5.41, 5.74) is 1.25. The molecule has 0 atom stereocenters. The Bertz CT molecular complexity index is 1320. The number of nitrogens with zero attached hydrogens (tertiary/aromatic N) is 4. The van der Waals surface area contributed by atoms with Crippen molar-refractivity contribution in [1.82, 2.24) is 19.9 Å². The second-order valence-electron chi connectivity index (χ2n) is 9.10. The fourth-order valence-electron chi connectivity index (χ4n) is 4.42. The number of pyridine rings is 1. The molecule has 2 N–H and O–H groups in total. The molecular weight excluding hydrogens is 508 g/mol. The standard InChI is InChI=1S/C25H29ClN6O4.C2H6/c1-27-22(33)15-36-21-10-17-9-18(5-6-20(17)32(24(21)34)12-16-13-35-14-16)29-23-19(26)11-28-25(30-23)31-7-3-2-4-8-31;1-2/h5-6,9-11,16H,2-4,7-8,12-15H2,1H3,(H,27,33)(H,28,29,30);1-2H3. The summed E-state index contributed by atoms with van der Waals surface area (Å²) in [7, 11) is 1.52. The maximum atomic E-state index is 13.2. The molecule has 0 aliphatic carbocycles. The van der Waals surface area contributed by atoms with Crippen LogP contribution in [0.4, 0.5) is 17.5 Å². The van der Waals surface area contributed by atoms with E-state index in [1.807, 2.05) is 32.0 Å². The lowest BCUT2D eigenvalue weighted by Gasteiger charge is -2.27. The fraction of sp³-hybridized carbons (Fsp3) is 0.481. The van der Waals surface area contributed by atoms with Crippen LogP contribution in [0.5, 0.6) is 5.75 Å². The molecule has 10 nitrogen and oxygen atoms in total. The molecule has 2 aliphatic heterocycles. The second kappa shape index (κ2) is 12.9. The summed E-state index contributed by atoms with van der Waals surface area (Å²) < 4.78 is 12.6. The van der Waals surface area contributed by atoms with Gasteiger partial charge in [0, 0.05) is 43.7 Å². The van der Waals surface area contributed by atoms with Gasteiger partial charge in [0.25, 0.3) is 11.5 Å². The third-order valence-electron chi connectivity index (χ3n) is 6.48. The molecular formula is C27H35ClN6O4. The average molecular weight is 543 g/mol. The first kappa shape index (κ1) is 27.7. The Morgan fingerprint density at radius 1 is 1.18 bits per heavy atom. The van der Waals surface area contributed by atoms with E-state index in [1.165, 1.54) is 13.5 Å². The number of hydrogen-bond donors (Lipinski definition) is 2. The third-order valence-corrected chi connectivity index (χ3v) is 6.76. The number of anilines is 3. The number of likely N-dealkylation sites (N-methyl/N-ethyl adjacent to an activating group) is 1. The largest absolute Gasteiger partial charge is 0.478 e. The van der Waals surface area contributed by atoms with E-state index in [2.05, 4.69) is 25.5 Å². The first-order chi connectivity index (χ1) is 18.5. The number of benzene rings is 1. The number of fused-ring (bicyclic) bond motifs is 1. The van der Waals surface area contributed by atoms with Crippen molar-refractivity contribution in [2.24, 2.45) is 5.92 Å². The molecule has 2 aliphatic rings. The van der Waals surface area contributed by atoms with Gasteiger partial charge >= 0.3 is 0 Å². The quantitative estimate of drug-likeness (QED) is 0.440. The van der Waals surface area contributed by atoms with E-state index in [4.69, 9.17) is 21.1 Å². The van der Waals surface area contributed by atoms with Crippen molar-refractivity contribution >= 4 is 45.9 Å². The first-order valence-corrected chi connectivity index (χ1v) is 13.5. The molecule has 2 aromatic heterocycles. The molecule has 204 valence electrons. The van der Waals surface area contributed by atoms with Crippen molar-refractivity contribution in [2.45, 2.75) is 39.7 Å². The van der Waals surface area contributed by atoms with Crippen LogP contribution in [0.25, 0.3) is 10.9 Å². The van der Waals surface area contributed by atoms with Crippen LogP contribution >= 0.6 is 11.6 Å². The molecule has 4 heterocycles. The van der Waals surface area contributed by atoms with E-state index in [0.717, 1.165) is 42.5 Å². The number of rotatable bonds is 8. The average Bonchev–Trinajstić information content (AvgIpc) is 2.93. The highest BCUT2D eigenvalue weighted by molar-refractivity contribution is 6.32. The van der Waals surface area contributed by atoms with Crippen molar-refractivity contribution in [3.8, 4) is 5.75 Å². The Morgan fingerprint density at radius 2 is 1.95 bits per heavy atom. The van der Waals surface area contributed by atoms with Gasteiger partial charge in [0.1, 0.15) is 5.02 Å². The summed E-state index contributed by atoms with van der Waals surface area (Å²) >= 11 is 6.42. The highest BCUT2D eigenvalue weighted by Gasteiger charge is 2.22. The van der Waals surface area contributed by atoms with E-state index >= 15 is 0 Å². The molecule has 0 spiro atoms. The van der Waals surface area contributed by atoms with Crippen molar-refractivity contribution in [3.63, 3.8) is 0 Å². The third kappa shape index (κ3) is 6.36. The number of aromatic nitrogens is 3. The summed E-state index contributed by atoms with van der Waals surface area (Å²) in [5, 5.41) is 7.00. The summed E-state index contributed by atoms with van der Waals surface area (Å²) in [5.74, 6) is 1.24. The van der Waals surface area contributed by atoms with E-state index in [0.29, 0.717) is 36.5 Å². The molecule has 1 aromatic carbocycles. The normalized spacial score (nSPS) is 15.3. The van der Waals surface area contributed by atoms with Crippen molar-refractivity contribution in [1.29, 1.82) is 0 Å². The van der Waals surface area contributed by atoms with Gasteiger partial charge in [-0.05, 0) is 43.5 Å². The van der Waals surface area contributed by atoms with E-state index in [1.54, 1.807) is 16.8 Å². The van der Waals surface area contributed by atoms with Gasteiger partial charge in [0.05, 0.1) is 24.9 Å². The zero-order valence-electron chi connectivity index (χ0n) is 22.1. The number of ether oxygens (including phenoxy) is 2. The lowest BCUT2D eigenvalue weighted by molar-refractivity contribution is -0.122. The van der Waals surface area contributed by atoms with Gasteiger partial charge in [-0.2, -0.15) is 4.98 Å². The molecule has 0 radical (unpaired) electrons. The Hall–Kier alpha value is -3.37. The number of nitrogens with one attached hydrogen (secondary N) is 2.